The fourth-order valence-electron chi connectivity index (χ4n) is 5.36. The molecular formula is C22H25N7O2S. The van der Waals surface area contributed by atoms with Gasteiger partial charge in [-0.05, 0) is 44.2 Å². The third-order valence-electron chi connectivity index (χ3n) is 7.35. The Morgan fingerprint density at radius 1 is 1.06 bits per heavy atom. The summed E-state index contributed by atoms with van der Waals surface area (Å²) in [7, 11) is -3.15. The van der Waals surface area contributed by atoms with E-state index in [1.807, 2.05) is 18.2 Å². The second-order valence-corrected chi connectivity index (χ2v) is 11.8. The maximum Gasteiger partial charge on any atom is 0.228 e. The molecule has 2 saturated carbocycles. The quantitative estimate of drug-likeness (QED) is 0.610. The zero-order valence-electron chi connectivity index (χ0n) is 17.6. The van der Waals surface area contributed by atoms with Crippen LogP contribution in [0, 0.1) is 0 Å². The number of sulfonamides is 1. The van der Waals surface area contributed by atoms with Gasteiger partial charge in [0.2, 0.25) is 16.0 Å². The summed E-state index contributed by atoms with van der Waals surface area (Å²) in [5.41, 5.74) is 10.2. The molecule has 3 aromatic rings. The van der Waals surface area contributed by atoms with Gasteiger partial charge in [0.15, 0.2) is 0 Å². The van der Waals surface area contributed by atoms with Gasteiger partial charge in [-0.1, -0.05) is 12.1 Å². The number of piperazine rings is 1. The van der Waals surface area contributed by atoms with Gasteiger partial charge in [-0.3, -0.25) is 5.10 Å². The van der Waals surface area contributed by atoms with Crippen molar-refractivity contribution in [3.05, 3.63) is 30.0 Å². The summed E-state index contributed by atoms with van der Waals surface area (Å²) in [4.78, 5) is 11.6. The predicted molar refractivity (Wildman–Crippen MR) is 122 cm³/mol. The molecule has 2 aromatic heterocycles. The number of fused-ring (bicyclic) bond motifs is 3. The van der Waals surface area contributed by atoms with Crippen LogP contribution >= 0.6 is 0 Å². The Morgan fingerprint density at radius 3 is 2.62 bits per heavy atom. The first-order chi connectivity index (χ1) is 15.5. The molecule has 0 amide bonds. The number of hydrogen-bond donors (Lipinski definition) is 2. The number of benzene rings is 1. The molecule has 7 rings (SSSR count). The molecule has 2 unspecified atom stereocenters. The minimum atomic E-state index is -3.15. The topological polar surface area (TPSA) is 121 Å². The Bertz CT molecular complexity index is 1350. The molecule has 4 heterocycles. The number of aromatic nitrogens is 4. The number of anilines is 2. The van der Waals surface area contributed by atoms with Crippen molar-refractivity contribution in [1.29, 1.82) is 0 Å². The fraction of sp³-hybridized carbons (Fsp3) is 0.500. The maximum absolute atomic E-state index is 12.7. The van der Waals surface area contributed by atoms with Crippen LogP contribution in [0.1, 0.15) is 43.7 Å². The zero-order chi connectivity index (χ0) is 21.6. The summed E-state index contributed by atoms with van der Waals surface area (Å²) in [5, 5.41) is 8.32. The summed E-state index contributed by atoms with van der Waals surface area (Å²) in [5.74, 6) is 1.62. The summed E-state index contributed by atoms with van der Waals surface area (Å²) in [6, 6.07) is 8.14. The molecule has 166 valence electrons. The largest absolute Gasteiger partial charge is 0.383 e. The minimum Gasteiger partial charge on any atom is -0.383 e. The lowest BCUT2D eigenvalue weighted by Crippen LogP contribution is -2.50. The Kier molecular flexibility index (Phi) is 3.77. The number of nitrogen functional groups attached to an aromatic ring is 1. The Labute approximate surface area is 186 Å². The molecule has 4 fully saturated rings. The monoisotopic (exact) mass is 451 g/mol. The maximum atomic E-state index is 12.7. The molecule has 3 N–H and O–H groups in total. The highest BCUT2D eigenvalue weighted by molar-refractivity contribution is 7.90. The number of rotatable bonds is 5. The number of nitrogens with zero attached hydrogens (tertiary/aromatic N) is 5. The fourth-order valence-corrected chi connectivity index (χ4v) is 7.43. The van der Waals surface area contributed by atoms with Crippen molar-refractivity contribution in [3.63, 3.8) is 0 Å². The van der Waals surface area contributed by atoms with Crippen LogP contribution in [0.25, 0.3) is 22.2 Å². The summed E-state index contributed by atoms with van der Waals surface area (Å²) in [6.45, 7) is 1.13. The second-order valence-electron chi connectivity index (χ2n) is 9.60. The SMILES string of the molecule is Nc1nc(N2CC3CC2CN3S(=O)(=O)C2CC2)nc2cccc(-c3cc(C4CC4)[nH]n3)c12. The van der Waals surface area contributed by atoms with Gasteiger partial charge in [0.05, 0.1) is 21.8 Å². The van der Waals surface area contributed by atoms with Crippen molar-refractivity contribution in [2.45, 2.75) is 55.4 Å². The zero-order valence-corrected chi connectivity index (χ0v) is 18.4. The van der Waals surface area contributed by atoms with E-state index in [0.717, 1.165) is 41.4 Å². The average Bonchev–Trinajstić information content (AvgIpc) is 3.70. The van der Waals surface area contributed by atoms with Gasteiger partial charge in [-0.25, -0.2) is 13.4 Å². The number of hydrogen-bond acceptors (Lipinski definition) is 7. The predicted octanol–water partition coefficient (Wildman–Crippen LogP) is 2.23. The van der Waals surface area contributed by atoms with Gasteiger partial charge in [-0.15, -0.1) is 0 Å². The molecule has 2 atom stereocenters. The third-order valence-corrected chi connectivity index (χ3v) is 9.76. The molecule has 2 aliphatic carbocycles. The van der Waals surface area contributed by atoms with Crippen LogP contribution in [0.2, 0.25) is 0 Å². The molecule has 1 aromatic carbocycles. The van der Waals surface area contributed by atoms with Crippen molar-refractivity contribution in [3.8, 4) is 11.3 Å². The van der Waals surface area contributed by atoms with E-state index < -0.39 is 10.0 Å². The minimum absolute atomic E-state index is 0.00218. The first-order valence-corrected chi connectivity index (χ1v) is 12.9. The van der Waals surface area contributed by atoms with E-state index in [2.05, 4.69) is 26.1 Å². The molecule has 9 nitrogen and oxygen atoms in total. The van der Waals surface area contributed by atoms with E-state index in [0.29, 0.717) is 30.8 Å². The van der Waals surface area contributed by atoms with Gasteiger partial charge in [-0.2, -0.15) is 14.4 Å². The summed E-state index contributed by atoms with van der Waals surface area (Å²) in [6.07, 6.45) is 4.84. The average molecular weight is 452 g/mol. The van der Waals surface area contributed by atoms with Crippen molar-refractivity contribution in [2.24, 2.45) is 0 Å². The van der Waals surface area contributed by atoms with E-state index in [1.165, 1.54) is 18.5 Å². The molecule has 0 radical (unpaired) electrons. The molecule has 2 saturated heterocycles. The third kappa shape index (κ3) is 2.78. The number of nitrogens with two attached hydrogens (primary N) is 1. The normalized spacial score (nSPS) is 25.8. The van der Waals surface area contributed by atoms with Gasteiger partial charge >= 0.3 is 0 Å². The molecule has 2 bridgehead atoms. The van der Waals surface area contributed by atoms with E-state index in [-0.39, 0.29) is 17.3 Å². The van der Waals surface area contributed by atoms with Crippen LogP contribution < -0.4 is 10.6 Å². The van der Waals surface area contributed by atoms with Crippen LogP contribution in [0.4, 0.5) is 11.8 Å². The van der Waals surface area contributed by atoms with Crippen molar-refractivity contribution in [1.82, 2.24) is 24.5 Å². The molecule has 4 aliphatic rings. The Morgan fingerprint density at radius 2 is 1.91 bits per heavy atom. The highest BCUT2D eigenvalue weighted by Crippen LogP contribution is 2.42. The van der Waals surface area contributed by atoms with Gasteiger partial charge in [0.25, 0.3) is 0 Å². The highest BCUT2D eigenvalue weighted by atomic mass is 32.2. The van der Waals surface area contributed by atoms with Crippen molar-refractivity contribution < 1.29 is 8.42 Å². The summed E-state index contributed by atoms with van der Waals surface area (Å²) >= 11 is 0. The van der Waals surface area contributed by atoms with E-state index >= 15 is 0 Å². The molecule has 32 heavy (non-hydrogen) atoms. The second kappa shape index (κ2) is 6.41. The molecule has 0 spiro atoms. The van der Waals surface area contributed by atoms with E-state index in [9.17, 15) is 8.42 Å². The highest BCUT2D eigenvalue weighted by Gasteiger charge is 2.52. The lowest BCUT2D eigenvalue weighted by molar-refractivity contribution is 0.366. The van der Waals surface area contributed by atoms with Crippen molar-refractivity contribution in [2.75, 3.05) is 23.7 Å². The van der Waals surface area contributed by atoms with E-state index in [1.54, 1.807) is 4.31 Å². The van der Waals surface area contributed by atoms with Crippen LogP contribution in [0.3, 0.4) is 0 Å². The van der Waals surface area contributed by atoms with Crippen LogP contribution in [0.15, 0.2) is 24.3 Å². The van der Waals surface area contributed by atoms with Crippen molar-refractivity contribution >= 4 is 32.7 Å². The first-order valence-electron chi connectivity index (χ1n) is 11.4. The number of aromatic amines is 1. The molecule has 10 heteroatoms. The Hall–Kier alpha value is -2.72. The van der Waals surface area contributed by atoms with Crippen LogP contribution in [-0.4, -0.2) is 63.3 Å². The molecule has 2 aliphatic heterocycles. The van der Waals surface area contributed by atoms with Gasteiger partial charge < -0.3 is 10.6 Å². The van der Waals surface area contributed by atoms with Gasteiger partial charge in [0, 0.05) is 42.3 Å². The molecular weight excluding hydrogens is 426 g/mol. The Balaban J connectivity index is 1.21. The first kappa shape index (κ1) is 18.8. The lowest BCUT2D eigenvalue weighted by atomic mass is 10.1. The smallest absolute Gasteiger partial charge is 0.228 e. The lowest BCUT2D eigenvalue weighted by Gasteiger charge is -2.33. The van der Waals surface area contributed by atoms with Crippen LogP contribution in [-0.2, 0) is 10.0 Å². The summed E-state index contributed by atoms with van der Waals surface area (Å²) < 4.78 is 27.2. The van der Waals surface area contributed by atoms with Crippen LogP contribution in [0.5, 0.6) is 0 Å². The van der Waals surface area contributed by atoms with E-state index in [4.69, 9.17) is 10.7 Å². The number of nitrogens with one attached hydrogen (secondary N) is 1. The number of H-pyrrole nitrogens is 1. The van der Waals surface area contributed by atoms with Gasteiger partial charge in [0.1, 0.15) is 5.82 Å². The standard InChI is InChI=1S/C22H25N7O2S/c23-21-20-16(19-9-18(26-27-19)12-4-5-12)2-1-3-17(20)24-22(25-21)28-10-14-8-13(28)11-29(14)32(30,31)15-6-7-15/h1-3,9,12-15H,4-8,10-11H2,(H,26,27)(H2,23,24,25).